The molecule has 3 fully saturated rings. The second-order valence-corrected chi connectivity index (χ2v) is 14.4. The molecule has 1 unspecified atom stereocenters. The lowest BCUT2D eigenvalue weighted by molar-refractivity contribution is -0.123. The van der Waals surface area contributed by atoms with Crippen LogP contribution in [0.1, 0.15) is 23.1 Å². The third-order valence-electron chi connectivity index (χ3n) is 7.58. The highest BCUT2D eigenvalue weighted by molar-refractivity contribution is 8.26. The zero-order chi connectivity index (χ0) is 28.0. The van der Waals surface area contributed by atoms with Gasteiger partial charge in [-0.05, 0) is 36.6 Å². The molecule has 3 aliphatic heterocycles. The van der Waals surface area contributed by atoms with Crippen molar-refractivity contribution in [1.29, 1.82) is 0 Å². The summed E-state index contributed by atoms with van der Waals surface area (Å²) in [6.07, 6.45) is 3.71. The number of amides is 1. The number of carbonyl (C=O) groups is 1. The van der Waals surface area contributed by atoms with Crippen molar-refractivity contribution in [1.82, 2.24) is 19.2 Å². The molecule has 1 amide bonds. The molecule has 3 aromatic rings. The highest BCUT2D eigenvalue weighted by atomic mass is 32.2. The summed E-state index contributed by atoms with van der Waals surface area (Å²) >= 11 is 6.60. The van der Waals surface area contributed by atoms with E-state index in [-0.39, 0.29) is 23.0 Å². The molecular weight excluding hydrogens is 567 g/mol. The quantitative estimate of drug-likeness (QED) is 0.326. The topological polar surface area (TPSA) is 95.3 Å². The van der Waals surface area contributed by atoms with Crippen LogP contribution in [-0.2, 0) is 21.2 Å². The van der Waals surface area contributed by atoms with Gasteiger partial charge in [0.25, 0.3) is 11.5 Å². The van der Waals surface area contributed by atoms with E-state index in [1.807, 2.05) is 37.3 Å². The molecule has 0 spiro atoms. The van der Waals surface area contributed by atoms with E-state index < -0.39 is 15.9 Å². The van der Waals surface area contributed by atoms with Crippen LogP contribution in [0.4, 0.5) is 5.82 Å². The minimum Gasteiger partial charge on any atom is -0.353 e. The highest BCUT2D eigenvalue weighted by Gasteiger charge is 2.42. The number of piperazine rings is 1. The fourth-order valence-electron chi connectivity index (χ4n) is 5.48. The van der Waals surface area contributed by atoms with E-state index >= 15 is 0 Å². The number of rotatable bonds is 5. The lowest BCUT2D eigenvalue weighted by atomic mass is 10.1. The molecule has 12 heteroatoms. The number of thiocarbonyl (C=S) groups is 1. The Bertz CT molecular complexity index is 1700. The summed E-state index contributed by atoms with van der Waals surface area (Å²) in [6.45, 7) is 5.75. The molecule has 2 aromatic heterocycles. The average Bonchev–Trinajstić information content (AvgIpc) is 3.43. The average molecular weight is 596 g/mol. The van der Waals surface area contributed by atoms with Crippen LogP contribution in [0.25, 0.3) is 11.7 Å². The summed E-state index contributed by atoms with van der Waals surface area (Å²) in [5.74, 6) is 0.139. The Morgan fingerprint density at radius 2 is 1.82 bits per heavy atom. The second kappa shape index (κ2) is 10.7. The van der Waals surface area contributed by atoms with Gasteiger partial charge in [0.2, 0.25) is 0 Å². The van der Waals surface area contributed by atoms with Gasteiger partial charge >= 0.3 is 0 Å². The van der Waals surface area contributed by atoms with Crippen LogP contribution in [-0.4, -0.2) is 81.6 Å². The summed E-state index contributed by atoms with van der Waals surface area (Å²) in [6, 6.07) is 13.6. The van der Waals surface area contributed by atoms with Crippen molar-refractivity contribution in [2.75, 3.05) is 42.6 Å². The SMILES string of the molecule is Cc1ccc2nc(N3CCN(Cc4ccccc4)CC3)c(C=C3SC(=S)N(C4CCS(=O)(=O)C4)C3=O)c(=O)n2c1. The van der Waals surface area contributed by atoms with Gasteiger partial charge in [0.15, 0.2) is 9.84 Å². The van der Waals surface area contributed by atoms with Gasteiger partial charge < -0.3 is 4.90 Å². The molecule has 0 aliphatic carbocycles. The number of benzene rings is 1. The Hall–Kier alpha value is -3.06. The van der Waals surface area contributed by atoms with Crippen molar-refractivity contribution in [2.45, 2.75) is 25.9 Å². The molecule has 9 nitrogen and oxygen atoms in total. The van der Waals surface area contributed by atoms with Gasteiger partial charge in [-0.15, -0.1) is 0 Å². The first-order chi connectivity index (χ1) is 19.2. The number of aryl methyl sites for hydroxylation is 1. The van der Waals surface area contributed by atoms with Gasteiger partial charge in [0.1, 0.15) is 15.8 Å². The Morgan fingerprint density at radius 3 is 2.52 bits per heavy atom. The van der Waals surface area contributed by atoms with Gasteiger partial charge in [0, 0.05) is 38.9 Å². The van der Waals surface area contributed by atoms with Gasteiger partial charge in [-0.25, -0.2) is 13.4 Å². The standard InChI is InChI=1S/C28H29N5O4S3/c1-19-7-8-24-29-25(31-12-10-30(11-13-31)17-20-5-3-2-4-6-20)22(26(34)32(24)16-19)15-23-27(35)33(28(38)39-23)21-9-14-40(36,37)18-21/h2-8,15-16,21H,9-14,17-18H2,1H3. The molecule has 1 atom stereocenters. The van der Waals surface area contributed by atoms with Gasteiger partial charge in [0.05, 0.1) is 28.0 Å². The van der Waals surface area contributed by atoms with Crippen LogP contribution in [0.3, 0.4) is 0 Å². The van der Waals surface area contributed by atoms with Crippen LogP contribution in [0, 0.1) is 6.92 Å². The number of thioether (sulfide) groups is 1. The van der Waals surface area contributed by atoms with E-state index in [0.717, 1.165) is 37.0 Å². The van der Waals surface area contributed by atoms with Crippen molar-refractivity contribution in [3.05, 3.63) is 80.6 Å². The van der Waals surface area contributed by atoms with E-state index in [9.17, 15) is 18.0 Å². The van der Waals surface area contributed by atoms with Crippen LogP contribution in [0.15, 0.2) is 58.4 Å². The lowest BCUT2D eigenvalue weighted by Crippen LogP contribution is -2.47. The molecule has 1 aromatic carbocycles. The zero-order valence-electron chi connectivity index (χ0n) is 22.0. The Balaban J connectivity index is 1.33. The largest absolute Gasteiger partial charge is 0.353 e. The molecule has 0 bridgehead atoms. The Labute approximate surface area is 242 Å². The normalized spacial score (nSPS) is 22.6. The summed E-state index contributed by atoms with van der Waals surface area (Å²) in [4.78, 5) is 38.4. The first-order valence-corrected chi connectivity index (χ1v) is 16.2. The summed E-state index contributed by atoms with van der Waals surface area (Å²) < 4.78 is 26.0. The summed E-state index contributed by atoms with van der Waals surface area (Å²) in [7, 11) is -3.19. The number of fused-ring (bicyclic) bond motifs is 1. The Morgan fingerprint density at radius 1 is 1.07 bits per heavy atom. The smallest absolute Gasteiger partial charge is 0.267 e. The van der Waals surface area contributed by atoms with E-state index in [4.69, 9.17) is 17.2 Å². The minimum absolute atomic E-state index is 0.0451. The highest BCUT2D eigenvalue weighted by Crippen LogP contribution is 2.37. The third kappa shape index (κ3) is 5.32. The van der Waals surface area contributed by atoms with Gasteiger partial charge in [-0.1, -0.05) is 60.4 Å². The predicted molar refractivity (Wildman–Crippen MR) is 162 cm³/mol. The first-order valence-electron chi connectivity index (χ1n) is 13.2. The molecule has 40 heavy (non-hydrogen) atoms. The molecule has 0 radical (unpaired) electrons. The lowest BCUT2D eigenvalue weighted by Gasteiger charge is -2.36. The Kier molecular flexibility index (Phi) is 7.28. The molecule has 3 aliphatic rings. The fourth-order valence-corrected chi connectivity index (χ4v) is 8.56. The second-order valence-electron chi connectivity index (χ2n) is 10.4. The van der Waals surface area contributed by atoms with E-state index in [2.05, 4.69) is 21.9 Å². The first kappa shape index (κ1) is 27.1. The van der Waals surface area contributed by atoms with Crippen molar-refractivity contribution >= 4 is 61.6 Å². The van der Waals surface area contributed by atoms with Crippen molar-refractivity contribution in [2.24, 2.45) is 0 Å². The zero-order valence-corrected chi connectivity index (χ0v) is 24.5. The third-order valence-corrected chi connectivity index (χ3v) is 10.7. The molecule has 0 N–H and O–H groups in total. The molecule has 3 saturated heterocycles. The van der Waals surface area contributed by atoms with Crippen molar-refractivity contribution in [3.63, 3.8) is 0 Å². The maximum Gasteiger partial charge on any atom is 0.267 e. The molecule has 6 rings (SSSR count). The van der Waals surface area contributed by atoms with Crippen LogP contribution in [0.2, 0.25) is 0 Å². The number of carbonyl (C=O) groups excluding carboxylic acids is 1. The minimum atomic E-state index is -3.19. The predicted octanol–water partition coefficient (Wildman–Crippen LogP) is 2.71. The number of anilines is 1. The molecule has 208 valence electrons. The van der Waals surface area contributed by atoms with E-state index in [1.54, 1.807) is 12.3 Å². The number of aromatic nitrogens is 2. The maximum absolute atomic E-state index is 13.8. The molecular formula is C28H29N5O4S3. The van der Waals surface area contributed by atoms with Crippen LogP contribution in [0.5, 0.6) is 0 Å². The number of sulfone groups is 1. The summed E-state index contributed by atoms with van der Waals surface area (Å²) in [5, 5.41) is 0. The number of pyridine rings is 1. The molecule has 5 heterocycles. The van der Waals surface area contributed by atoms with Crippen LogP contribution < -0.4 is 10.5 Å². The van der Waals surface area contributed by atoms with Crippen molar-refractivity contribution < 1.29 is 13.2 Å². The number of hydrogen-bond donors (Lipinski definition) is 0. The fraction of sp³-hybridized carbons (Fsp3) is 0.357. The molecule has 0 saturated carbocycles. The van der Waals surface area contributed by atoms with Gasteiger partial charge in [-0.3, -0.25) is 23.8 Å². The number of hydrogen-bond acceptors (Lipinski definition) is 9. The van der Waals surface area contributed by atoms with E-state index in [0.29, 0.717) is 45.8 Å². The van der Waals surface area contributed by atoms with Crippen molar-refractivity contribution in [3.8, 4) is 0 Å². The number of nitrogens with zero attached hydrogens (tertiary/aromatic N) is 5. The monoisotopic (exact) mass is 595 g/mol. The van der Waals surface area contributed by atoms with E-state index in [1.165, 1.54) is 14.9 Å². The summed E-state index contributed by atoms with van der Waals surface area (Å²) in [5.41, 5.74) is 2.78. The maximum atomic E-state index is 13.8. The van der Waals surface area contributed by atoms with Crippen LogP contribution >= 0.6 is 24.0 Å². The van der Waals surface area contributed by atoms with Gasteiger partial charge in [-0.2, -0.15) is 0 Å².